The molecule has 0 aliphatic heterocycles. The highest BCUT2D eigenvalue weighted by Gasteiger charge is 1.93. The summed E-state index contributed by atoms with van der Waals surface area (Å²) in [6, 6.07) is 8.32. The Morgan fingerprint density at radius 3 is 2.71 bits per heavy atom. The number of hydrogen-bond donors (Lipinski definition) is 1. The van der Waals surface area contributed by atoms with Crippen LogP contribution < -0.4 is 5.32 Å². The van der Waals surface area contributed by atoms with Gasteiger partial charge in [-0.05, 0) is 24.6 Å². The van der Waals surface area contributed by atoms with Gasteiger partial charge in [-0.2, -0.15) is 0 Å². The van der Waals surface area contributed by atoms with Gasteiger partial charge >= 0.3 is 0 Å². The first-order valence-electron chi connectivity index (χ1n) is 5.16. The summed E-state index contributed by atoms with van der Waals surface area (Å²) in [5, 5.41) is 3.18. The van der Waals surface area contributed by atoms with Crippen molar-refractivity contribution in [3.05, 3.63) is 35.4 Å². The first-order chi connectivity index (χ1) is 6.88. The molecule has 1 nitrogen and oxygen atoms in total. The van der Waals surface area contributed by atoms with Crippen LogP contribution in [-0.2, 0) is 6.42 Å². The molecule has 0 heterocycles. The lowest BCUT2D eigenvalue weighted by atomic mass is 10.1. The van der Waals surface area contributed by atoms with Gasteiger partial charge in [-0.15, -0.1) is 0 Å². The lowest BCUT2D eigenvalue weighted by Gasteiger charge is -1.99. The van der Waals surface area contributed by atoms with Crippen LogP contribution in [0.3, 0.4) is 0 Å². The number of aryl methyl sites for hydroxylation is 1. The van der Waals surface area contributed by atoms with E-state index in [0.717, 1.165) is 25.1 Å². The van der Waals surface area contributed by atoms with Gasteiger partial charge < -0.3 is 5.32 Å². The van der Waals surface area contributed by atoms with Gasteiger partial charge in [0.2, 0.25) is 0 Å². The summed E-state index contributed by atoms with van der Waals surface area (Å²) < 4.78 is 0. The lowest BCUT2D eigenvalue weighted by molar-refractivity contribution is 0.811. The van der Waals surface area contributed by atoms with Crippen molar-refractivity contribution in [2.75, 3.05) is 13.1 Å². The zero-order valence-electron chi connectivity index (χ0n) is 8.93. The summed E-state index contributed by atoms with van der Waals surface area (Å²) in [6.45, 7) is 5.99. The first-order valence-corrected chi connectivity index (χ1v) is 5.16. The average Bonchev–Trinajstić information content (AvgIpc) is 2.25. The largest absolute Gasteiger partial charge is 0.306 e. The van der Waals surface area contributed by atoms with Crippen LogP contribution >= 0.6 is 0 Å². The van der Waals surface area contributed by atoms with Crippen molar-refractivity contribution in [1.82, 2.24) is 5.32 Å². The molecule has 1 aromatic rings. The monoisotopic (exact) mass is 187 g/mol. The highest BCUT2D eigenvalue weighted by molar-refractivity contribution is 5.41. The maximum absolute atomic E-state index is 3.19. The Kier molecular flexibility index (Phi) is 4.82. The summed E-state index contributed by atoms with van der Waals surface area (Å²) in [4.78, 5) is 0. The summed E-state index contributed by atoms with van der Waals surface area (Å²) in [5.74, 6) is 6.30. The van der Waals surface area contributed by atoms with E-state index in [9.17, 15) is 0 Å². The molecule has 0 aliphatic rings. The fourth-order valence-electron chi connectivity index (χ4n) is 1.28. The molecule has 1 aromatic carbocycles. The van der Waals surface area contributed by atoms with Gasteiger partial charge in [-0.3, -0.25) is 0 Å². The van der Waals surface area contributed by atoms with Gasteiger partial charge in [0.15, 0.2) is 0 Å². The van der Waals surface area contributed by atoms with E-state index in [1.165, 1.54) is 5.56 Å². The molecule has 0 unspecified atom stereocenters. The van der Waals surface area contributed by atoms with Gasteiger partial charge in [0.05, 0.1) is 6.54 Å². The number of nitrogens with one attached hydrogen (secondary N) is 1. The molecular formula is C13H17N. The Morgan fingerprint density at radius 2 is 2.00 bits per heavy atom. The Morgan fingerprint density at radius 1 is 1.21 bits per heavy atom. The number of rotatable bonds is 3. The van der Waals surface area contributed by atoms with Gasteiger partial charge in [0.25, 0.3) is 0 Å². The SMILES string of the molecule is CCNCC#Cc1ccccc1CC. The molecule has 0 aliphatic carbocycles. The van der Waals surface area contributed by atoms with E-state index >= 15 is 0 Å². The van der Waals surface area contributed by atoms with Crippen molar-refractivity contribution >= 4 is 0 Å². The van der Waals surface area contributed by atoms with Crippen LogP contribution in [0.5, 0.6) is 0 Å². The van der Waals surface area contributed by atoms with Crippen LogP contribution in [0.15, 0.2) is 24.3 Å². The minimum absolute atomic E-state index is 0.772. The van der Waals surface area contributed by atoms with E-state index in [2.05, 4.69) is 49.2 Å². The second kappa shape index (κ2) is 6.23. The molecule has 0 amide bonds. The van der Waals surface area contributed by atoms with Gasteiger partial charge in [-0.1, -0.05) is 43.9 Å². The lowest BCUT2D eigenvalue weighted by Crippen LogP contribution is -2.11. The summed E-state index contributed by atoms with van der Waals surface area (Å²) in [7, 11) is 0. The molecule has 14 heavy (non-hydrogen) atoms. The summed E-state index contributed by atoms with van der Waals surface area (Å²) >= 11 is 0. The number of hydrogen-bond acceptors (Lipinski definition) is 1. The fourth-order valence-corrected chi connectivity index (χ4v) is 1.28. The van der Waals surface area contributed by atoms with Crippen molar-refractivity contribution in [1.29, 1.82) is 0 Å². The van der Waals surface area contributed by atoms with Gasteiger partial charge in [0.1, 0.15) is 0 Å². The third kappa shape index (κ3) is 3.24. The van der Waals surface area contributed by atoms with Crippen molar-refractivity contribution < 1.29 is 0 Å². The normalized spacial score (nSPS) is 9.29. The van der Waals surface area contributed by atoms with Crippen LogP contribution in [0.4, 0.5) is 0 Å². The van der Waals surface area contributed by atoms with Crippen molar-refractivity contribution in [2.24, 2.45) is 0 Å². The number of benzene rings is 1. The molecule has 0 saturated carbocycles. The van der Waals surface area contributed by atoms with E-state index in [1.807, 2.05) is 6.07 Å². The van der Waals surface area contributed by atoms with E-state index in [4.69, 9.17) is 0 Å². The fraction of sp³-hybridized carbons (Fsp3) is 0.385. The van der Waals surface area contributed by atoms with E-state index in [1.54, 1.807) is 0 Å². The maximum atomic E-state index is 3.19. The van der Waals surface area contributed by atoms with Crippen LogP contribution in [0.25, 0.3) is 0 Å². The molecule has 0 radical (unpaired) electrons. The van der Waals surface area contributed by atoms with E-state index in [0.29, 0.717) is 0 Å². The van der Waals surface area contributed by atoms with Crippen molar-refractivity contribution in [2.45, 2.75) is 20.3 Å². The average molecular weight is 187 g/mol. The zero-order valence-corrected chi connectivity index (χ0v) is 8.93. The van der Waals surface area contributed by atoms with Crippen molar-refractivity contribution in [3.8, 4) is 11.8 Å². The molecule has 0 atom stereocenters. The first kappa shape index (κ1) is 10.8. The molecule has 1 N–H and O–H groups in total. The predicted molar refractivity (Wildman–Crippen MR) is 61.2 cm³/mol. The molecule has 1 heteroatoms. The highest BCUT2D eigenvalue weighted by atomic mass is 14.8. The smallest absolute Gasteiger partial charge is 0.0580 e. The third-order valence-corrected chi connectivity index (χ3v) is 2.08. The minimum atomic E-state index is 0.772. The molecule has 0 fully saturated rings. The minimum Gasteiger partial charge on any atom is -0.306 e. The Labute approximate surface area is 86.5 Å². The van der Waals surface area contributed by atoms with Crippen LogP contribution in [0, 0.1) is 11.8 Å². The second-order valence-electron chi connectivity index (χ2n) is 3.09. The highest BCUT2D eigenvalue weighted by Crippen LogP contribution is 2.06. The van der Waals surface area contributed by atoms with Crippen LogP contribution in [0.1, 0.15) is 25.0 Å². The zero-order chi connectivity index (χ0) is 10.2. The molecule has 0 spiro atoms. The molecule has 1 rings (SSSR count). The summed E-state index contributed by atoms with van der Waals surface area (Å²) in [6.07, 6.45) is 1.05. The third-order valence-electron chi connectivity index (χ3n) is 2.08. The Bertz CT molecular complexity index is 331. The van der Waals surface area contributed by atoms with E-state index < -0.39 is 0 Å². The van der Waals surface area contributed by atoms with Gasteiger partial charge in [-0.25, -0.2) is 0 Å². The predicted octanol–water partition coefficient (Wildman–Crippen LogP) is 2.21. The summed E-state index contributed by atoms with van der Waals surface area (Å²) in [5.41, 5.74) is 2.49. The van der Waals surface area contributed by atoms with Gasteiger partial charge in [0, 0.05) is 5.56 Å². The molecular weight excluding hydrogens is 170 g/mol. The Hall–Kier alpha value is -1.26. The Balaban J connectivity index is 2.68. The molecule has 0 aromatic heterocycles. The van der Waals surface area contributed by atoms with Crippen molar-refractivity contribution in [3.63, 3.8) is 0 Å². The quantitative estimate of drug-likeness (QED) is 0.565. The maximum Gasteiger partial charge on any atom is 0.0580 e. The van der Waals surface area contributed by atoms with Crippen LogP contribution in [0.2, 0.25) is 0 Å². The van der Waals surface area contributed by atoms with Crippen LogP contribution in [-0.4, -0.2) is 13.1 Å². The second-order valence-corrected chi connectivity index (χ2v) is 3.09. The molecule has 74 valence electrons. The van der Waals surface area contributed by atoms with E-state index in [-0.39, 0.29) is 0 Å². The standard InChI is InChI=1S/C13H17N/c1-3-12-8-5-6-9-13(12)10-7-11-14-4-2/h5-6,8-9,14H,3-4,11H2,1-2H3. The topological polar surface area (TPSA) is 12.0 Å². The molecule has 0 bridgehead atoms. The molecule has 0 saturated heterocycles.